The highest BCUT2D eigenvalue weighted by atomic mass is 16.5. The van der Waals surface area contributed by atoms with Crippen LogP contribution in [0, 0.1) is 13.8 Å². The number of morpholine rings is 1. The molecule has 8 nitrogen and oxygen atoms in total. The first kappa shape index (κ1) is 22.1. The van der Waals surface area contributed by atoms with Gasteiger partial charge in [-0.25, -0.2) is 0 Å². The number of carbonyl (C=O) groups is 1. The summed E-state index contributed by atoms with van der Waals surface area (Å²) in [4.78, 5) is 32.6. The maximum Gasteiger partial charge on any atom is 0.253 e. The van der Waals surface area contributed by atoms with Gasteiger partial charge < -0.3 is 19.5 Å². The second kappa shape index (κ2) is 9.16. The third-order valence-corrected chi connectivity index (χ3v) is 6.32. The van der Waals surface area contributed by atoms with Crippen molar-refractivity contribution in [2.75, 3.05) is 38.3 Å². The zero-order valence-corrected chi connectivity index (χ0v) is 19.3. The number of H-pyrrole nitrogens is 1. The van der Waals surface area contributed by atoms with Crippen molar-refractivity contribution in [3.05, 3.63) is 57.0 Å². The van der Waals surface area contributed by atoms with Gasteiger partial charge in [0.2, 0.25) is 5.91 Å². The Kier molecular flexibility index (Phi) is 6.32. The van der Waals surface area contributed by atoms with Crippen LogP contribution in [0.5, 0.6) is 0 Å². The lowest BCUT2D eigenvalue weighted by Crippen LogP contribution is -2.37. The highest BCUT2D eigenvalue weighted by molar-refractivity contribution is 5.83. The van der Waals surface area contributed by atoms with Crippen molar-refractivity contribution in [3.8, 4) is 0 Å². The highest BCUT2D eigenvalue weighted by Gasteiger charge is 2.19. The topological polar surface area (TPSA) is 83.5 Å². The summed E-state index contributed by atoms with van der Waals surface area (Å²) in [5.74, 6) is 0.0172. The quantitative estimate of drug-likeness (QED) is 0.640. The molecule has 1 N–H and O–H groups in total. The van der Waals surface area contributed by atoms with Gasteiger partial charge in [-0.05, 0) is 37.5 Å². The minimum atomic E-state index is -0.147. The van der Waals surface area contributed by atoms with Crippen LogP contribution in [0.25, 0.3) is 11.0 Å². The molecule has 1 aromatic carbocycles. The van der Waals surface area contributed by atoms with E-state index in [2.05, 4.69) is 27.1 Å². The van der Waals surface area contributed by atoms with E-state index in [1.807, 2.05) is 40.1 Å². The van der Waals surface area contributed by atoms with E-state index >= 15 is 0 Å². The molecule has 1 aliphatic heterocycles. The van der Waals surface area contributed by atoms with E-state index in [4.69, 9.17) is 4.74 Å². The summed E-state index contributed by atoms with van der Waals surface area (Å²) < 4.78 is 7.16. The molecule has 170 valence electrons. The third-order valence-electron chi connectivity index (χ3n) is 6.32. The van der Waals surface area contributed by atoms with Crippen molar-refractivity contribution >= 4 is 22.6 Å². The molecule has 0 unspecified atom stereocenters. The van der Waals surface area contributed by atoms with Gasteiger partial charge in [0, 0.05) is 56.8 Å². The van der Waals surface area contributed by atoms with Crippen molar-refractivity contribution < 1.29 is 9.53 Å². The Bertz CT molecular complexity index is 1190. The predicted molar refractivity (Wildman–Crippen MR) is 125 cm³/mol. The lowest BCUT2D eigenvalue weighted by molar-refractivity contribution is -0.130. The molecular weight excluding hydrogens is 406 g/mol. The summed E-state index contributed by atoms with van der Waals surface area (Å²) in [6, 6.07) is 8.21. The van der Waals surface area contributed by atoms with Crippen molar-refractivity contribution in [1.29, 1.82) is 0 Å². The average Bonchev–Trinajstić information content (AvgIpc) is 3.07. The van der Waals surface area contributed by atoms with E-state index in [0.717, 1.165) is 59.8 Å². The summed E-state index contributed by atoms with van der Waals surface area (Å²) in [5.41, 5.74) is 5.28. The van der Waals surface area contributed by atoms with Gasteiger partial charge in [-0.15, -0.1) is 0 Å². The largest absolute Gasteiger partial charge is 0.378 e. The predicted octanol–water partition coefficient (Wildman–Crippen LogP) is 2.31. The zero-order chi connectivity index (χ0) is 22.8. The number of carbonyl (C=O) groups excluding carboxylic acids is 1. The Hall–Kier alpha value is -3.13. The van der Waals surface area contributed by atoms with Gasteiger partial charge in [0.05, 0.1) is 18.9 Å². The van der Waals surface area contributed by atoms with Crippen LogP contribution in [0.1, 0.15) is 28.8 Å². The van der Waals surface area contributed by atoms with Gasteiger partial charge in [0.25, 0.3) is 5.56 Å². The van der Waals surface area contributed by atoms with Crippen LogP contribution in [-0.2, 0) is 29.5 Å². The Morgan fingerprint density at radius 2 is 1.94 bits per heavy atom. The molecule has 1 saturated heterocycles. The number of para-hydroxylation sites is 1. The number of aromatic amines is 1. The number of anilines is 1. The summed E-state index contributed by atoms with van der Waals surface area (Å²) in [6.07, 6.45) is 0.685. The highest BCUT2D eigenvalue weighted by Crippen LogP contribution is 2.24. The number of aryl methyl sites for hydroxylation is 3. The number of ether oxygens (including phenoxy) is 1. The number of nitrogens with zero attached hydrogens (tertiary/aromatic N) is 4. The normalized spacial score (nSPS) is 14.2. The van der Waals surface area contributed by atoms with Crippen LogP contribution < -0.4 is 10.5 Å². The maximum absolute atomic E-state index is 12.9. The number of nitrogens with one attached hydrogen (secondary N) is 1. The van der Waals surface area contributed by atoms with Gasteiger partial charge in [0.15, 0.2) is 0 Å². The number of benzene rings is 1. The molecule has 0 bridgehead atoms. The second-order valence-electron chi connectivity index (χ2n) is 8.47. The van der Waals surface area contributed by atoms with Crippen molar-refractivity contribution in [1.82, 2.24) is 19.7 Å². The molecule has 0 radical (unpaired) electrons. The van der Waals surface area contributed by atoms with Gasteiger partial charge in [-0.2, -0.15) is 5.10 Å². The van der Waals surface area contributed by atoms with Crippen LogP contribution in [0.3, 0.4) is 0 Å². The number of pyridine rings is 1. The number of rotatable bonds is 6. The summed E-state index contributed by atoms with van der Waals surface area (Å²) in [7, 11) is 3.64. The lowest BCUT2D eigenvalue weighted by atomic mass is 10.0. The summed E-state index contributed by atoms with van der Waals surface area (Å²) in [6.45, 7) is 7.55. The van der Waals surface area contributed by atoms with Gasteiger partial charge in [-0.1, -0.05) is 18.2 Å². The monoisotopic (exact) mass is 437 g/mol. The van der Waals surface area contributed by atoms with E-state index < -0.39 is 0 Å². The first-order valence-corrected chi connectivity index (χ1v) is 11.1. The standard InChI is InChI=1S/C24H31N5O3/c1-16-19(24(31)25-23-22(16)17(2)26-28(23)4)9-10-21(30)27(3)15-18-7-5-6-8-20(18)29-11-13-32-14-12-29/h5-8H,9-15H2,1-4H3,(H,25,31). The number of amides is 1. The Balaban J connectivity index is 1.47. The maximum atomic E-state index is 12.9. The van der Waals surface area contributed by atoms with Crippen molar-refractivity contribution in [3.63, 3.8) is 0 Å². The molecule has 0 atom stereocenters. The average molecular weight is 438 g/mol. The van der Waals surface area contributed by atoms with Crippen LogP contribution in [0.4, 0.5) is 5.69 Å². The molecule has 0 saturated carbocycles. The molecule has 0 aliphatic carbocycles. The summed E-state index contributed by atoms with van der Waals surface area (Å²) in [5, 5.41) is 5.37. The molecule has 2 aromatic heterocycles. The molecular formula is C24H31N5O3. The Morgan fingerprint density at radius 1 is 1.22 bits per heavy atom. The van der Waals surface area contributed by atoms with E-state index in [-0.39, 0.29) is 17.9 Å². The fraction of sp³-hybridized carbons (Fsp3) is 0.458. The third kappa shape index (κ3) is 4.27. The molecule has 3 heterocycles. The van der Waals surface area contributed by atoms with Gasteiger partial charge in [0.1, 0.15) is 5.65 Å². The van der Waals surface area contributed by atoms with Crippen molar-refractivity contribution in [2.24, 2.45) is 7.05 Å². The van der Waals surface area contributed by atoms with E-state index in [0.29, 0.717) is 18.5 Å². The SMILES string of the molecule is Cc1nn(C)c2[nH]c(=O)c(CCC(=O)N(C)Cc3ccccc3N3CCOCC3)c(C)c12. The summed E-state index contributed by atoms with van der Waals surface area (Å²) >= 11 is 0. The molecule has 3 aromatic rings. The van der Waals surface area contributed by atoms with Gasteiger partial charge >= 0.3 is 0 Å². The number of hydrogen-bond acceptors (Lipinski definition) is 5. The van der Waals surface area contributed by atoms with E-state index in [1.165, 1.54) is 0 Å². The van der Waals surface area contributed by atoms with Crippen LogP contribution >= 0.6 is 0 Å². The number of hydrogen-bond donors (Lipinski definition) is 1. The molecule has 1 aliphatic rings. The molecule has 8 heteroatoms. The Morgan fingerprint density at radius 3 is 2.69 bits per heavy atom. The molecule has 32 heavy (non-hydrogen) atoms. The second-order valence-corrected chi connectivity index (χ2v) is 8.47. The lowest BCUT2D eigenvalue weighted by Gasteiger charge is -2.31. The minimum Gasteiger partial charge on any atom is -0.378 e. The minimum absolute atomic E-state index is 0.0172. The van der Waals surface area contributed by atoms with Crippen molar-refractivity contribution in [2.45, 2.75) is 33.2 Å². The molecule has 4 rings (SSSR count). The fourth-order valence-corrected chi connectivity index (χ4v) is 4.58. The molecule has 1 amide bonds. The smallest absolute Gasteiger partial charge is 0.253 e. The van der Waals surface area contributed by atoms with E-state index in [9.17, 15) is 9.59 Å². The number of aromatic nitrogens is 3. The molecule has 0 spiro atoms. The number of fused-ring (bicyclic) bond motifs is 1. The van der Waals surface area contributed by atoms with Crippen LogP contribution in [-0.4, -0.2) is 58.9 Å². The van der Waals surface area contributed by atoms with Crippen LogP contribution in [0.15, 0.2) is 29.1 Å². The Labute approximate surface area is 187 Å². The van der Waals surface area contributed by atoms with E-state index in [1.54, 1.807) is 9.58 Å². The first-order chi connectivity index (χ1) is 15.4. The fourth-order valence-electron chi connectivity index (χ4n) is 4.58. The first-order valence-electron chi connectivity index (χ1n) is 11.1. The molecule has 1 fully saturated rings. The van der Waals surface area contributed by atoms with Gasteiger partial charge in [-0.3, -0.25) is 14.3 Å². The zero-order valence-electron chi connectivity index (χ0n) is 19.3. The van der Waals surface area contributed by atoms with Crippen LogP contribution in [0.2, 0.25) is 0 Å².